The molecule has 2 aromatic heterocycles. The zero-order valence-corrected chi connectivity index (χ0v) is 15.7. The zero-order valence-electron chi connectivity index (χ0n) is 14.2. The van der Waals surface area contributed by atoms with Gasteiger partial charge < -0.3 is 10.4 Å². The van der Waals surface area contributed by atoms with Crippen LogP contribution in [-0.2, 0) is 17.9 Å². The van der Waals surface area contributed by atoms with Gasteiger partial charge in [0.15, 0.2) is 11.5 Å². The van der Waals surface area contributed by atoms with Crippen molar-refractivity contribution in [1.82, 2.24) is 19.6 Å². The van der Waals surface area contributed by atoms with Crippen LogP contribution in [0.15, 0.2) is 36.5 Å². The van der Waals surface area contributed by atoms with Gasteiger partial charge in [0.05, 0.1) is 6.54 Å². The van der Waals surface area contributed by atoms with Crippen molar-refractivity contribution < 1.29 is 14.7 Å². The molecule has 0 saturated carbocycles. The first-order chi connectivity index (χ1) is 12.8. The molecule has 2 N–H and O–H groups in total. The highest BCUT2D eigenvalue weighted by Gasteiger charge is 2.14. The molecule has 8 nitrogen and oxygen atoms in total. The van der Waals surface area contributed by atoms with Gasteiger partial charge >= 0.3 is 5.97 Å². The molecule has 1 amide bonds. The Labute approximate surface area is 164 Å². The van der Waals surface area contributed by atoms with Crippen LogP contribution in [0.2, 0.25) is 10.0 Å². The van der Waals surface area contributed by atoms with E-state index in [0.717, 1.165) is 11.3 Å². The number of anilines is 1. The molecule has 140 valence electrons. The number of hydrogen-bond donors (Lipinski definition) is 2. The van der Waals surface area contributed by atoms with Crippen molar-refractivity contribution in [3.63, 3.8) is 0 Å². The molecule has 0 spiro atoms. The van der Waals surface area contributed by atoms with E-state index in [1.807, 2.05) is 13.0 Å². The minimum atomic E-state index is -1.04. The van der Waals surface area contributed by atoms with Gasteiger partial charge in [-0.15, -0.1) is 0 Å². The number of carboxylic acids is 1. The smallest absolute Gasteiger partial charge is 0.325 e. The number of halogens is 2. The van der Waals surface area contributed by atoms with E-state index in [1.165, 1.54) is 16.9 Å². The molecule has 0 atom stereocenters. The van der Waals surface area contributed by atoms with Crippen LogP contribution in [0.25, 0.3) is 0 Å². The number of benzene rings is 1. The predicted octanol–water partition coefficient (Wildman–Crippen LogP) is 3.08. The number of nitrogens with zero attached hydrogens (tertiary/aromatic N) is 4. The molecule has 10 heteroatoms. The van der Waals surface area contributed by atoms with E-state index in [1.54, 1.807) is 22.9 Å². The molecule has 3 rings (SSSR count). The number of aliphatic carboxylic acids is 1. The fraction of sp³-hybridized carbons (Fsp3) is 0.176. The molecule has 0 fully saturated rings. The highest BCUT2D eigenvalue weighted by molar-refractivity contribution is 6.35. The summed E-state index contributed by atoms with van der Waals surface area (Å²) in [5, 5.41) is 20.8. The van der Waals surface area contributed by atoms with Crippen LogP contribution in [-0.4, -0.2) is 36.5 Å². The molecule has 0 saturated heterocycles. The van der Waals surface area contributed by atoms with E-state index in [4.69, 9.17) is 28.3 Å². The Morgan fingerprint density at radius 3 is 2.67 bits per heavy atom. The lowest BCUT2D eigenvalue weighted by molar-refractivity contribution is -0.137. The first-order valence-corrected chi connectivity index (χ1v) is 8.62. The first-order valence-electron chi connectivity index (χ1n) is 7.87. The quantitative estimate of drug-likeness (QED) is 0.653. The number of hydrogen-bond acceptors (Lipinski definition) is 4. The molecule has 0 radical (unpaired) electrons. The van der Waals surface area contributed by atoms with E-state index in [0.29, 0.717) is 22.4 Å². The molecule has 1 aromatic carbocycles. The van der Waals surface area contributed by atoms with Gasteiger partial charge in [-0.3, -0.25) is 19.0 Å². The molecular formula is C17H15Cl2N5O3. The molecule has 3 aromatic rings. The SMILES string of the molecule is Cc1cc(NC(=O)c2ccn(CC(=O)O)n2)nn1Cc1ccc(Cl)cc1Cl. The minimum absolute atomic E-state index is 0.101. The normalized spacial score (nSPS) is 10.8. The second-order valence-corrected chi connectivity index (χ2v) is 6.65. The van der Waals surface area contributed by atoms with Gasteiger partial charge in [-0.1, -0.05) is 29.3 Å². The third kappa shape index (κ3) is 4.66. The van der Waals surface area contributed by atoms with Gasteiger partial charge in [0.1, 0.15) is 6.54 Å². The maximum absolute atomic E-state index is 12.3. The van der Waals surface area contributed by atoms with E-state index in [2.05, 4.69) is 15.5 Å². The Morgan fingerprint density at radius 2 is 1.96 bits per heavy atom. The third-order valence-corrected chi connectivity index (χ3v) is 4.32. The molecule has 0 aliphatic heterocycles. The lowest BCUT2D eigenvalue weighted by Gasteiger charge is -2.07. The van der Waals surface area contributed by atoms with E-state index in [9.17, 15) is 9.59 Å². The first kappa shape index (κ1) is 18.9. The summed E-state index contributed by atoms with van der Waals surface area (Å²) in [5.41, 5.74) is 1.77. The summed E-state index contributed by atoms with van der Waals surface area (Å²) in [7, 11) is 0. The maximum atomic E-state index is 12.3. The van der Waals surface area contributed by atoms with Crippen LogP contribution in [0, 0.1) is 6.92 Å². The molecular weight excluding hydrogens is 393 g/mol. The highest BCUT2D eigenvalue weighted by atomic mass is 35.5. The summed E-state index contributed by atoms with van der Waals surface area (Å²) in [4.78, 5) is 22.9. The Bertz CT molecular complexity index is 1010. The van der Waals surface area contributed by atoms with Crippen molar-refractivity contribution >= 4 is 40.9 Å². The molecule has 2 heterocycles. The monoisotopic (exact) mass is 407 g/mol. The topological polar surface area (TPSA) is 102 Å². The van der Waals surface area contributed by atoms with Gasteiger partial charge in [0.2, 0.25) is 0 Å². The fourth-order valence-electron chi connectivity index (χ4n) is 2.43. The van der Waals surface area contributed by atoms with Crippen LogP contribution in [0.5, 0.6) is 0 Å². The number of nitrogens with one attached hydrogen (secondary N) is 1. The van der Waals surface area contributed by atoms with Crippen LogP contribution in [0.3, 0.4) is 0 Å². The van der Waals surface area contributed by atoms with E-state index < -0.39 is 11.9 Å². The highest BCUT2D eigenvalue weighted by Crippen LogP contribution is 2.22. The number of carbonyl (C=O) groups is 2. The number of carboxylic acid groups (broad SMARTS) is 1. The van der Waals surface area contributed by atoms with Crippen LogP contribution in [0.1, 0.15) is 21.7 Å². The second-order valence-electron chi connectivity index (χ2n) is 5.81. The molecule has 0 aliphatic rings. The average Bonchev–Trinajstić information content (AvgIpc) is 3.16. The van der Waals surface area contributed by atoms with Crippen molar-refractivity contribution in [1.29, 1.82) is 0 Å². The van der Waals surface area contributed by atoms with Crippen molar-refractivity contribution in [3.05, 3.63) is 63.5 Å². The third-order valence-electron chi connectivity index (χ3n) is 3.73. The van der Waals surface area contributed by atoms with Gasteiger partial charge in [-0.05, 0) is 30.7 Å². The van der Waals surface area contributed by atoms with E-state index >= 15 is 0 Å². The van der Waals surface area contributed by atoms with Crippen LogP contribution < -0.4 is 5.32 Å². The van der Waals surface area contributed by atoms with Crippen LogP contribution in [0.4, 0.5) is 5.82 Å². The van der Waals surface area contributed by atoms with Gasteiger partial charge in [-0.2, -0.15) is 10.2 Å². The summed E-state index contributed by atoms with van der Waals surface area (Å²) in [6.45, 7) is 1.96. The lowest BCUT2D eigenvalue weighted by Crippen LogP contribution is -2.15. The summed E-state index contributed by atoms with van der Waals surface area (Å²) in [5.74, 6) is -1.16. The van der Waals surface area contributed by atoms with Crippen molar-refractivity contribution in [3.8, 4) is 0 Å². The Hall–Kier alpha value is -2.84. The fourth-order valence-corrected chi connectivity index (χ4v) is 2.90. The predicted molar refractivity (Wildman–Crippen MR) is 100 cm³/mol. The molecule has 0 unspecified atom stereocenters. The van der Waals surface area contributed by atoms with Crippen molar-refractivity contribution in [2.75, 3.05) is 5.32 Å². The molecule has 0 aliphatic carbocycles. The van der Waals surface area contributed by atoms with Gasteiger partial charge in [-0.25, -0.2) is 0 Å². The van der Waals surface area contributed by atoms with E-state index in [-0.39, 0.29) is 12.2 Å². The number of amides is 1. The summed E-state index contributed by atoms with van der Waals surface area (Å²) in [6, 6.07) is 8.38. The number of aromatic nitrogens is 4. The second kappa shape index (κ2) is 7.81. The number of carbonyl (C=O) groups excluding carboxylic acids is 1. The number of rotatable bonds is 6. The Morgan fingerprint density at radius 1 is 1.19 bits per heavy atom. The van der Waals surface area contributed by atoms with Crippen LogP contribution >= 0.6 is 23.2 Å². The van der Waals surface area contributed by atoms with Crippen molar-refractivity contribution in [2.24, 2.45) is 0 Å². The summed E-state index contributed by atoms with van der Waals surface area (Å²) >= 11 is 12.1. The maximum Gasteiger partial charge on any atom is 0.325 e. The van der Waals surface area contributed by atoms with Crippen molar-refractivity contribution in [2.45, 2.75) is 20.0 Å². The minimum Gasteiger partial charge on any atom is -0.480 e. The molecule has 0 bridgehead atoms. The average molecular weight is 408 g/mol. The lowest BCUT2D eigenvalue weighted by atomic mass is 10.2. The molecule has 27 heavy (non-hydrogen) atoms. The summed E-state index contributed by atoms with van der Waals surface area (Å²) < 4.78 is 2.87. The van der Waals surface area contributed by atoms with Gasteiger partial charge in [0.25, 0.3) is 5.91 Å². The number of aryl methyl sites for hydroxylation is 1. The van der Waals surface area contributed by atoms with Gasteiger partial charge in [0, 0.05) is 28.0 Å². The summed E-state index contributed by atoms with van der Waals surface area (Å²) in [6.07, 6.45) is 1.43. The largest absolute Gasteiger partial charge is 0.480 e. The standard InChI is InChI=1S/C17H15Cl2N5O3/c1-10-6-15(20-17(27)14-4-5-23(21-14)9-16(25)26)22-24(10)8-11-2-3-12(18)7-13(11)19/h2-7H,8-9H2,1H3,(H,25,26)(H,20,22,27). The Balaban J connectivity index is 1.71. The Kier molecular flexibility index (Phi) is 5.48. The zero-order chi connectivity index (χ0) is 19.6.